The van der Waals surface area contributed by atoms with Gasteiger partial charge in [0.2, 0.25) is 0 Å². The summed E-state index contributed by atoms with van der Waals surface area (Å²) in [6, 6.07) is 13.7. The van der Waals surface area contributed by atoms with E-state index in [9.17, 15) is 4.39 Å². The summed E-state index contributed by atoms with van der Waals surface area (Å²) in [5.74, 6) is 0.687. The number of para-hydroxylation sites is 1. The van der Waals surface area contributed by atoms with Crippen molar-refractivity contribution in [3.8, 4) is 0 Å². The molecular formula is C20H20FN. The Kier molecular flexibility index (Phi) is 3.25. The summed E-state index contributed by atoms with van der Waals surface area (Å²) >= 11 is 0. The van der Waals surface area contributed by atoms with E-state index in [1.807, 2.05) is 12.1 Å². The Hall–Kier alpha value is -2.09. The standard InChI is InChI=1S/C20H20FN/c1-2-13-7-5-10-15-14-9-6-11-16(14)20(22-19(13)15)17-8-3-4-12-18(17)21/h3-10,12,14,16,20,22H,2,11H2,1H3/t14-,16+,20+/m1/s1. The van der Waals surface area contributed by atoms with Crippen LogP contribution in [0.1, 0.15) is 42.0 Å². The van der Waals surface area contributed by atoms with Crippen LogP contribution in [0.4, 0.5) is 10.1 Å². The number of hydrogen-bond donors (Lipinski definition) is 1. The van der Waals surface area contributed by atoms with Gasteiger partial charge in [-0.1, -0.05) is 55.5 Å². The average molecular weight is 293 g/mol. The van der Waals surface area contributed by atoms with Crippen LogP contribution in [-0.4, -0.2) is 0 Å². The van der Waals surface area contributed by atoms with Gasteiger partial charge in [-0.15, -0.1) is 0 Å². The second-order valence-corrected chi connectivity index (χ2v) is 6.23. The van der Waals surface area contributed by atoms with Gasteiger partial charge in [0.1, 0.15) is 5.82 Å². The van der Waals surface area contributed by atoms with Crippen LogP contribution in [0, 0.1) is 11.7 Å². The molecule has 3 atom stereocenters. The Morgan fingerprint density at radius 3 is 2.73 bits per heavy atom. The van der Waals surface area contributed by atoms with Gasteiger partial charge in [0.15, 0.2) is 0 Å². The van der Waals surface area contributed by atoms with Gasteiger partial charge >= 0.3 is 0 Å². The maximum Gasteiger partial charge on any atom is 0.128 e. The number of anilines is 1. The minimum atomic E-state index is -0.108. The number of halogens is 1. The molecule has 2 aromatic rings. The third-order valence-electron chi connectivity index (χ3n) is 5.10. The van der Waals surface area contributed by atoms with Gasteiger partial charge < -0.3 is 5.32 Å². The van der Waals surface area contributed by atoms with Crippen LogP contribution in [0.2, 0.25) is 0 Å². The number of nitrogens with one attached hydrogen (secondary N) is 1. The molecule has 0 amide bonds. The zero-order valence-electron chi connectivity index (χ0n) is 12.7. The van der Waals surface area contributed by atoms with E-state index in [-0.39, 0.29) is 11.9 Å². The molecule has 1 N–H and O–H groups in total. The molecule has 4 rings (SSSR count). The largest absolute Gasteiger partial charge is 0.377 e. The summed E-state index contributed by atoms with van der Waals surface area (Å²) < 4.78 is 14.3. The van der Waals surface area contributed by atoms with Crippen molar-refractivity contribution in [2.75, 3.05) is 5.32 Å². The number of hydrogen-bond acceptors (Lipinski definition) is 1. The predicted molar refractivity (Wildman–Crippen MR) is 88.6 cm³/mol. The summed E-state index contributed by atoms with van der Waals surface area (Å²) in [7, 11) is 0. The fourth-order valence-corrected chi connectivity index (χ4v) is 4.02. The van der Waals surface area contributed by atoms with E-state index in [2.05, 4.69) is 42.6 Å². The molecule has 2 heteroatoms. The molecule has 0 radical (unpaired) electrons. The molecule has 1 heterocycles. The topological polar surface area (TPSA) is 12.0 Å². The van der Waals surface area contributed by atoms with Crippen molar-refractivity contribution in [3.05, 3.63) is 77.1 Å². The number of benzene rings is 2. The molecule has 1 nitrogen and oxygen atoms in total. The minimum Gasteiger partial charge on any atom is -0.377 e. The van der Waals surface area contributed by atoms with E-state index in [4.69, 9.17) is 0 Å². The molecule has 1 aliphatic carbocycles. The van der Waals surface area contributed by atoms with Crippen molar-refractivity contribution in [2.24, 2.45) is 5.92 Å². The van der Waals surface area contributed by atoms with Crippen molar-refractivity contribution >= 4 is 5.69 Å². The molecular weight excluding hydrogens is 273 g/mol. The van der Waals surface area contributed by atoms with Crippen LogP contribution >= 0.6 is 0 Å². The van der Waals surface area contributed by atoms with Crippen molar-refractivity contribution in [1.82, 2.24) is 0 Å². The van der Waals surface area contributed by atoms with Crippen LogP contribution in [0.25, 0.3) is 0 Å². The molecule has 0 spiro atoms. The predicted octanol–water partition coefficient (Wildman–Crippen LogP) is 5.21. The van der Waals surface area contributed by atoms with Gasteiger partial charge in [0, 0.05) is 17.2 Å². The van der Waals surface area contributed by atoms with Crippen LogP contribution in [0.15, 0.2) is 54.6 Å². The maximum absolute atomic E-state index is 14.3. The molecule has 0 saturated carbocycles. The highest BCUT2D eigenvalue weighted by Crippen LogP contribution is 2.50. The monoisotopic (exact) mass is 293 g/mol. The van der Waals surface area contributed by atoms with Gasteiger partial charge in [0.25, 0.3) is 0 Å². The molecule has 112 valence electrons. The first-order valence-corrected chi connectivity index (χ1v) is 8.09. The van der Waals surface area contributed by atoms with E-state index in [0.717, 1.165) is 18.4 Å². The van der Waals surface area contributed by atoms with Crippen molar-refractivity contribution in [2.45, 2.75) is 31.7 Å². The van der Waals surface area contributed by atoms with Crippen molar-refractivity contribution < 1.29 is 4.39 Å². The second kappa shape index (κ2) is 5.28. The van der Waals surface area contributed by atoms with E-state index in [1.54, 1.807) is 12.1 Å². The molecule has 2 aromatic carbocycles. The van der Waals surface area contributed by atoms with Gasteiger partial charge in [0.05, 0.1) is 6.04 Å². The molecule has 0 unspecified atom stereocenters. The fourth-order valence-electron chi connectivity index (χ4n) is 4.02. The lowest BCUT2D eigenvalue weighted by Gasteiger charge is -2.38. The van der Waals surface area contributed by atoms with Gasteiger partial charge in [-0.25, -0.2) is 4.39 Å². The minimum absolute atomic E-state index is 0.0430. The van der Waals surface area contributed by atoms with E-state index >= 15 is 0 Å². The fraction of sp³-hybridized carbons (Fsp3) is 0.300. The highest BCUT2D eigenvalue weighted by atomic mass is 19.1. The number of allylic oxidation sites excluding steroid dienone is 2. The Bertz CT molecular complexity index is 734. The normalized spacial score (nSPS) is 25.5. The Morgan fingerprint density at radius 1 is 1.09 bits per heavy atom. The number of fused-ring (bicyclic) bond motifs is 3. The van der Waals surface area contributed by atoms with Crippen LogP contribution < -0.4 is 5.32 Å². The second-order valence-electron chi connectivity index (χ2n) is 6.23. The van der Waals surface area contributed by atoms with Crippen LogP contribution in [0.5, 0.6) is 0 Å². The quantitative estimate of drug-likeness (QED) is 0.749. The SMILES string of the molecule is CCc1cccc2c1N[C@H](c1ccccc1F)[C@H]1CC=C[C@H]21. The first-order chi connectivity index (χ1) is 10.8. The Morgan fingerprint density at radius 2 is 1.91 bits per heavy atom. The third-order valence-corrected chi connectivity index (χ3v) is 5.10. The maximum atomic E-state index is 14.3. The Labute approximate surface area is 130 Å². The molecule has 2 aliphatic rings. The molecule has 0 aromatic heterocycles. The van der Waals surface area contributed by atoms with Crippen molar-refractivity contribution in [3.63, 3.8) is 0 Å². The lowest BCUT2D eigenvalue weighted by Crippen LogP contribution is -2.30. The van der Waals surface area contributed by atoms with Gasteiger partial charge in [-0.2, -0.15) is 0 Å². The zero-order chi connectivity index (χ0) is 15.1. The average Bonchev–Trinajstić information content (AvgIpc) is 3.04. The molecule has 0 saturated heterocycles. The molecule has 1 aliphatic heterocycles. The Balaban J connectivity index is 1.85. The van der Waals surface area contributed by atoms with Crippen LogP contribution in [-0.2, 0) is 6.42 Å². The lowest BCUT2D eigenvalue weighted by molar-refractivity contribution is 0.412. The summed E-state index contributed by atoms with van der Waals surface area (Å²) in [6.07, 6.45) is 6.55. The summed E-state index contributed by atoms with van der Waals surface area (Å²) in [6.45, 7) is 2.17. The van der Waals surface area contributed by atoms with Crippen molar-refractivity contribution in [1.29, 1.82) is 0 Å². The first kappa shape index (κ1) is 13.6. The highest BCUT2D eigenvalue weighted by molar-refractivity contribution is 5.64. The summed E-state index contributed by atoms with van der Waals surface area (Å²) in [5.41, 5.74) is 4.69. The third kappa shape index (κ3) is 1.98. The lowest BCUT2D eigenvalue weighted by atomic mass is 9.76. The highest BCUT2D eigenvalue weighted by Gasteiger charge is 2.39. The molecule has 22 heavy (non-hydrogen) atoms. The van der Waals surface area contributed by atoms with E-state index < -0.39 is 0 Å². The van der Waals surface area contributed by atoms with Crippen LogP contribution in [0.3, 0.4) is 0 Å². The summed E-state index contributed by atoms with van der Waals surface area (Å²) in [4.78, 5) is 0. The zero-order valence-corrected chi connectivity index (χ0v) is 12.7. The molecule has 0 fully saturated rings. The first-order valence-electron chi connectivity index (χ1n) is 8.09. The smallest absolute Gasteiger partial charge is 0.128 e. The van der Waals surface area contributed by atoms with Gasteiger partial charge in [-0.3, -0.25) is 0 Å². The van der Waals surface area contributed by atoms with E-state index in [0.29, 0.717) is 11.8 Å². The molecule has 0 bridgehead atoms. The van der Waals surface area contributed by atoms with Gasteiger partial charge in [-0.05, 0) is 36.0 Å². The number of aryl methyl sites for hydroxylation is 1. The van der Waals surface area contributed by atoms with E-state index in [1.165, 1.54) is 16.8 Å². The summed E-state index contributed by atoms with van der Waals surface area (Å²) in [5, 5.41) is 3.67. The number of rotatable bonds is 2.